The fraction of sp³-hybridized carbons (Fsp3) is 0.533. The predicted octanol–water partition coefficient (Wildman–Crippen LogP) is 2.13. The van der Waals surface area contributed by atoms with E-state index in [9.17, 15) is 9.59 Å². The summed E-state index contributed by atoms with van der Waals surface area (Å²) in [6.45, 7) is 5.14. The van der Waals surface area contributed by atoms with Gasteiger partial charge in [0.15, 0.2) is 0 Å². The van der Waals surface area contributed by atoms with E-state index >= 15 is 0 Å². The zero-order chi connectivity index (χ0) is 14.3. The SMILES string of the molecule is CC(C)c1cccc(CN2C(=O)C3CCCN3C2=O)n1. The molecule has 0 radical (unpaired) electrons. The van der Waals surface area contributed by atoms with E-state index in [-0.39, 0.29) is 24.5 Å². The first-order valence-electron chi connectivity index (χ1n) is 7.15. The topological polar surface area (TPSA) is 53.5 Å². The van der Waals surface area contributed by atoms with Crippen molar-refractivity contribution >= 4 is 11.9 Å². The number of carbonyl (C=O) groups excluding carboxylic acids is 2. The number of rotatable bonds is 3. The van der Waals surface area contributed by atoms with E-state index in [1.807, 2.05) is 18.2 Å². The molecule has 1 aromatic rings. The van der Waals surface area contributed by atoms with Gasteiger partial charge in [-0.25, -0.2) is 4.79 Å². The molecule has 0 saturated carbocycles. The molecule has 2 aliphatic rings. The van der Waals surface area contributed by atoms with Crippen molar-refractivity contribution in [2.45, 2.75) is 45.2 Å². The maximum absolute atomic E-state index is 12.3. The van der Waals surface area contributed by atoms with Gasteiger partial charge in [-0.05, 0) is 30.9 Å². The van der Waals surface area contributed by atoms with Crippen LogP contribution in [0.2, 0.25) is 0 Å². The van der Waals surface area contributed by atoms with Gasteiger partial charge in [0.2, 0.25) is 0 Å². The highest BCUT2D eigenvalue weighted by Crippen LogP contribution is 2.28. The Labute approximate surface area is 118 Å². The number of carbonyl (C=O) groups is 2. The molecule has 0 N–H and O–H groups in total. The van der Waals surface area contributed by atoms with Crippen LogP contribution in [0.5, 0.6) is 0 Å². The summed E-state index contributed by atoms with van der Waals surface area (Å²) in [5.41, 5.74) is 1.76. The third kappa shape index (κ3) is 2.07. The molecule has 2 aliphatic heterocycles. The minimum absolute atomic E-state index is 0.0655. The molecule has 2 saturated heterocycles. The van der Waals surface area contributed by atoms with Crippen molar-refractivity contribution in [1.29, 1.82) is 0 Å². The second-order valence-corrected chi connectivity index (χ2v) is 5.77. The van der Waals surface area contributed by atoms with Gasteiger partial charge in [0, 0.05) is 12.2 Å². The van der Waals surface area contributed by atoms with E-state index in [2.05, 4.69) is 18.8 Å². The van der Waals surface area contributed by atoms with Gasteiger partial charge in [-0.1, -0.05) is 19.9 Å². The van der Waals surface area contributed by atoms with Crippen LogP contribution in [0.25, 0.3) is 0 Å². The first kappa shape index (κ1) is 13.1. The molecule has 0 spiro atoms. The first-order valence-corrected chi connectivity index (χ1v) is 7.15. The molecule has 0 bridgehead atoms. The van der Waals surface area contributed by atoms with E-state index < -0.39 is 0 Å². The zero-order valence-corrected chi connectivity index (χ0v) is 11.9. The van der Waals surface area contributed by atoms with Crippen LogP contribution in [0.1, 0.15) is 44.0 Å². The summed E-state index contributed by atoms with van der Waals surface area (Å²) in [5, 5.41) is 0. The van der Waals surface area contributed by atoms with Crippen LogP contribution in [0.3, 0.4) is 0 Å². The van der Waals surface area contributed by atoms with Crippen molar-refractivity contribution in [3.63, 3.8) is 0 Å². The molecule has 0 aromatic carbocycles. The van der Waals surface area contributed by atoms with Gasteiger partial charge >= 0.3 is 6.03 Å². The summed E-state index contributed by atoms with van der Waals surface area (Å²) in [5.74, 6) is 0.271. The van der Waals surface area contributed by atoms with E-state index in [4.69, 9.17) is 0 Å². The van der Waals surface area contributed by atoms with E-state index in [1.54, 1.807) is 4.90 Å². The molecule has 5 heteroatoms. The minimum Gasteiger partial charge on any atom is -0.312 e. The van der Waals surface area contributed by atoms with Crippen molar-refractivity contribution in [2.24, 2.45) is 0 Å². The Morgan fingerprint density at radius 3 is 2.85 bits per heavy atom. The number of urea groups is 1. The number of hydrogen-bond acceptors (Lipinski definition) is 3. The number of pyridine rings is 1. The smallest absolute Gasteiger partial charge is 0.312 e. The van der Waals surface area contributed by atoms with E-state index in [0.717, 1.165) is 24.2 Å². The summed E-state index contributed by atoms with van der Waals surface area (Å²) >= 11 is 0. The zero-order valence-electron chi connectivity index (χ0n) is 11.9. The molecule has 0 aliphatic carbocycles. The van der Waals surface area contributed by atoms with Crippen LogP contribution in [0.4, 0.5) is 4.79 Å². The number of hydrogen-bond donors (Lipinski definition) is 0. The van der Waals surface area contributed by atoms with Gasteiger partial charge in [0.05, 0.1) is 12.2 Å². The van der Waals surface area contributed by atoms with Crippen molar-refractivity contribution in [3.05, 3.63) is 29.6 Å². The Morgan fingerprint density at radius 1 is 1.35 bits per heavy atom. The van der Waals surface area contributed by atoms with Gasteiger partial charge in [-0.2, -0.15) is 0 Å². The molecule has 106 valence electrons. The van der Waals surface area contributed by atoms with Crippen molar-refractivity contribution in [3.8, 4) is 0 Å². The molecule has 1 aromatic heterocycles. The maximum Gasteiger partial charge on any atom is 0.327 e. The standard InChI is InChI=1S/C15H19N3O2/c1-10(2)12-6-3-5-11(16-12)9-18-14(19)13-7-4-8-17(13)15(18)20/h3,5-6,10,13H,4,7-9H2,1-2H3. The number of nitrogens with zero attached hydrogens (tertiary/aromatic N) is 3. The summed E-state index contributed by atoms with van der Waals surface area (Å²) in [6.07, 6.45) is 1.72. The Balaban J connectivity index is 1.80. The highest BCUT2D eigenvalue weighted by Gasteiger charge is 2.47. The van der Waals surface area contributed by atoms with Gasteiger partial charge in [0.1, 0.15) is 6.04 Å². The molecular formula is C15H19N3O2. The van der Waals surface area contributed by atoms with Gasteiger partial charge in [-0.3, -0.25) is 14.7 Å². The van der Waals surface area contributed by atoms with Crippen LogP contribution in [0, 0.1) is 0 Å². The summed E-state index contributed by atoms with van der Waals surface area (Å²) in [4.78, 5) is 32.0. The highest BCUT2D eigenvalue weighted by molar-refractivity contribution is 6.04. The normalized spacial score (nSPS) is 22.1. The number of imide groups is 1. The van der Waals surface area contributed by atoms with Crippen LogP contribution >= 0.6 is 0 Å². The van der Waals surface area contributed by atoms with Crippen LogP contribution in [0.15, 0.2) is 18.2 Å². The number of aromatic nitrogens is 1. The Bertz CT molecular complexity index is 534. The minimum atomic E-state index is -0.226. The Kier molecular flexibility index (Phi) is 3.20. The molecule has 3 amide bonds. The predicted molar refractivity (Wildman–Crippen MR) is 74.0 cm³/mol. The third-order valence-corrected chi connectivity index (χ3v) is 4.02. The summed E-state index contributed by atoms with van der Waals surface area (Å²) in [6, 6.07) is 5.39. The maximum atomic E-state index is 12.3. The van der Waals surface area contributed by atoms with E-state index in [0.29, 0.717) is 12.5 Å². The average molecular weight is 273 g/mol. The molecule has 1 unspecified atom stereocenters. The monoisotopic (exact) mass is 273 g/mol. The second kappa shape index (κ2) is 4.89. The fourth-order valence-electron chi connectivity index (χ4n) is 2.90. The van der Waals surface area contributed by atoms with Gasteiger partial charge in [-0.15, -0.1) is 0 Å². The number of amides is 3. The lowest BCUT2D eigenvalue weighted by atomic mass is 10.1. The van der Waals surface area contributed by atoms with E-state index in [1.165, 1.54) is 4.90 Å². The van der Waals surface area contributed by atoms with Crippen LogP contribution in [-0.4, -0.2) is 39.3 Å². The fourth-order valence-corrected chi connectivity index (χ4v) is 2.90. The molecule has 3 rings (SSSR count). The second-order valence-electron chi connectivity index (χ2n) is 5.77. The lowest BCUT2D eigenvalue weighted by Crippen LogP contribution is -2.33. The third-order valence-electron chi connectivity index (χ3n) is 4.02. The summed E-state index contributed by atoms with van der Waals surface area (Å²) < 4.78 is 0. The highest BCUT2D eigenvalue weighted by atomic mass is 16.2. The lowest BCUT2D eigenvalue weighted by Gasteiger charge is -2.15. The molecule has 1 atom stereocenters. The van der Waals surface area contributed by atoms with Crippen LogP contribution < -0.4 is 0 Å². The average Bonchev–Trinajstić information content (AvgIpc) is 2.99. The molecule has 3 heterocycles. The molecule has 2 fully saturated rings. The molecule has 20 heavy (non-hydrogen) atoms. The number of fused-ring (bicyclic) bond motifs is 1. The van der Waals surface area contributed by atoms with Gasteiger partial charge in [0.25, 0.3) is 5.91 Å². The lowest BCUT2D eigenvalue weighted by molar-refractivity contribution is -0.128. The van der Waals surface area contributed by atoms with Crippen molar-refractivity contribution in [1.82, 2.24) is 14.8 Å². The molecule has 5 nitrogen and oxygen atoms in total. The Hall–Kier alpha value is -1.91. The van der Waals surface area contributed by atoms with Crippen molar-refractivity contribution in [2.75, 3.05) is 6.54 Å². The molecular weight excluding hydrogens is 254 g/mol. The van der Waals surface area contributed by atoms with Crippen molar-refractivity contribution < 1.29 is 9.59 Å². The largest absolute Gasteiger partial charge is 0.327 e. The van der Waals surface area contributed by atoms with Gasteiger partial charge < -0.3 is 4.90 Å². The quantitative estimate of drug-likeness (QED) is 0.793. The Morgan fingerprint density at radius 2 is 2.15 bits per heavy atom. The van der Waals surface area contributed by atoms with Crippen LogP contribution in [-0.2, 0) is 11.3 Å². The first-order chi connectivity index (χ1) is 9.58. The summed E-state index contributed by atoms with van der Waals surface area (Å²) in [7, 11) is 0.